The van der Waals surface area contributed by atoms with E-state index in [1.165, 1.54) is 0 Å². The van der Waals surface area contributed by atoms with Gasteiger partial charge in [-0.2, -0.15) is 0 Å². The Kier molecular flexibility index (Phi) is 3.96. The van der Waals surface area contributed by atoms with Gasteiger partial charge < -0.3 is 14.9 Å². The second-order valence-corrected chi connectivity index (χ2v) is 5.34. The van der Waals surface area contributed by atoms with Crippen LogP contribution in [0, 0.1) is 0 Å². The first-order valence-corrected chi connectivity index (χ1v) is 7.49. The summed E-state index contributed by atoms with van der Waals surface area (Å²) in [6.07, 6.45) is 2.14. The van der Waals surface area contributed by atoms with Crippen molar-refractivity contribution in [3.05, 3.63) is 46.9 Å². The molecule has 0 atom stereocenters. The van der Waals surface area contributed by atoms with Crippen molar-refractivity contribution in [2.24, 2.45) is 5.73 Å². The molecule has 0 aliphatic rings. The molecule has 1 amide bonds. The minimum Gasteiger partial charge on any atom is -0.493 e. The van der Waals surface area contributed by atoms with E-state index in [9.17, 15) is 4.79 Å². The van der Waals surface area contributed by atoms with Gasteiger partial charge in [0.2, 0.25) is 0 Å². The summed E-state index contributed by atoms with van der Waals surface area (Å²) < 4.78 is 11.2. The van der Waals surface area contributed by atoms with Crippen molar-refractivity contribution in [3.8, 4) is 16.9 Å². The van der Waals surface area contributed by atoms with Gasteiger partial charge in [0.1, 0.15) is 10.9 Å². The summed E-state index contributed by atoms with van der Waals surface area (Å²) in [6.45, 7) is 1.90. The zero-order valence-corrected chi connectivity index (χ0v) is 13.5. The van der Waals surface area contributed by atoms with Crippen LogP contribution < -0.4 is 10.5 Å². The number of furan rings is 1. The summed E-state index contributed by atoms with van der Waals surface area (Å²) in [7, 11) is 1.55. The predicted octanol–water partition coefficient (Wildman–Crippen LogP) is 3.82. The van der Waals surface area contributed by atoms with E-state index in [1.54, 1.807) is 25.4 Å². The number of rotatable bonds is 4. The topological polar surface area (TPSA) is 78.3 Å². The minimum atomic E-state index is -0.546. The quantitative estimate of drug-likeness (QED) is 0.738. The van der Waals surface area contributed by atoms with E-state index in [0.717, 1.165) is 5.56 Å². The number of fused-ring (bicyclic) bond motifs is 1. The van der Waals surface area contributed by atoms with Crippen LogP contribution >= 0.6 is 11.6 Å². The molecule has 0 saturated heterocycles. The maximum atomic E-state index is 12.0. The van der Waals surface area contributed by atoms with E-state index in [2.05, 4.69) is 4.98 Å². The molecule has 6 heteroatoms. The lowest BCUT2D eigenvalue weighted by Crippen LogP contribution is -2.12. The molecular formula is C17H15ClN2O3. The minimum absolute atomic E-state index is 0.341. The first-order valence-electron chi connectivity index (χ1n) is 7.11. The van der Waals surface area contributed by atoms with Crippen LogP contribution in [-0.4, -0.2) is 18.0 Å². The average molecular weight is 331 g/mol. The van der Waals surface area contributed by atoms with E-state index >= 15 is 0 Å². The number of amides is 1. The summed E-state index contributed by atoms with van der Waals surface area (Å²) in [5.74, 6) is 0.513. The first kappa shape index (κ1) is 15.4. The van der Waals surface area contributed by atoms with Crippen LogP contribution in [0.2, 0.25) is 5.15 Å². The van der Waals surface area contributed by atoms with Gasteiger partial charge in [0.05, 0.1) is 12.7 Å². The maximum Gasteiger partial charge on any atom is 0.252 e. The average Bonchev–Trinajstić information content (AvgIpc) is 2.94. The van der Waals surface area contributed by atoms with Gasteiger partial charge in [0.25, 0.3) is 5.91 Å². The number of carbonyl (C=O) groups is 1. The zero-order valence-electron chi connectivity index (χ0n) is 12.7. The van der Waals surface area contributed by atoms with Gasteiger partial charge >= 0.3 is 0 Å². The highest BCUT2D eigenvalue weighted by molar-refractivity contribution is 6.32. The van der Waals surface area contributed by atoms with Crippen molar-refractivity contribution in [3.63, 3.8) is 0 Å². The second-order valence-electron chi connectivity index (χ2n) is 4.98. The Bertz CT molecular complexity index is 902. The van der Waals surface area contributed by atoms with Gasteiger partial charge in [0.15, 0.2) is 11.3 Å². The number of primary amides is 1. The molecule has 3 aromatic rings. The molecule has 2 aromatic heterocycles. The van der Waals surface area contributed by atoms with Crippen molar-refractivity contribution in [2.75, 3.05) is 7.11 Å². The number of ether oxygens (including phenoxy) is 1. The van der Waals surface area contributed by atoms with Crippen molar-refractivity contribution in [2.45, 2.75) is 13.3 Å². The lowest BCUT2D eigenvalue weighted by molar-refractivity contribution is 0.1000. The third-order valence-electron chi connectivity index (χ3n) is 3.71. The van der Waals surface area contributed by atoms with Gasteiger partial charge in [-0.15, -0.1) is 0 Å². The number of halogens is 1. The monoisotopic (exact) mass is 330 g/mol. The van der Waals surface area contributed by atoms with Crippen molar-refractivity contribution in [1.29, 1.82) is 0 Å². The van der Waals surface area contributed by atoms with Gasteiger partial charge in [-0.05, 0) is 29.8 Å². The van der Waals surface area contributed by atoms with Crippen LogP contribution in [0.25, 0.3) is 22.1 Å². The highest BCUT2D eigenvalue weighted by Crippen LogP contribution is 2.41. The third kappa shape index (κ3) is 2.43. The fourth-order valence-electron chi connectivity index (χ4n) is 2.71. The SMILES string of the molecule is CCc1oc2c(OC)ccc(-c3cccnc3Cl)c2c1C(N)=O. The van der Waals surface area contributed by atoms with Crippen LogP contribution in [0.5, 0.6) is 5.75 Å². The van der Waals surface area contributed by atoms with Gasteiger partial charge in [-0.1, -0.05) is 18.5 Å². The number of aryl methyl sites for hydroxylation is 1. The van der Waals surface area contributed by atoms with Crippen LogP contribution in [0.3, 0.4) is 0 Å². The molecule has 0 spiro atoms. The van der Waals surface area contributed by atoms with Crippen molar-refractivity contribution >= 4 is 28.5 Å². The molecular weight excluding hydrogens is 316 g/mol. The Balaban J connectivity index is 2.46. The second kappa shape index (κ2) is 5.93. The number of hydrogen-bond donors (Lipinski definition) is 1. The highest BCUT2D eigenvalue weighted by Gasteiger charge is 2.24. The predicted molar refractivity (Wildman–Crippen MR) is 88.9 cm³/mol. The Labute approximate surface area is 138 Å². The number of hydrogen-bond acceptors (Lipinski definition) is 4. The smallest absolute Gasteiger partial charge is 0.252 e. The molecule has 5 nitrogen and oxygen atoms in total. The Morgan fingerprint density at radius 3 is 2.74 bits per heavy atom. The number of aromatic nitrogens is 1. The van der Waals surface area contributed by atoms with Gasteiger partial charge in [-0.25, -0.2) is 4.98 Å². The van der Waals surface area contributed by atoms with Crippen molar-refractivity contribution < 1.29 is 13.9 Å². The van der Waals surface area contributed by atoms with Crippen molar-refractivity contribution in [1.82, 2.24) is 4.98 Å². The lowest BCUT2D eigenvalue weighted by atomic mass is 9.98. The van der Waals surface area contributed by atoms with Crippen LogP contribution in [-0.2, 0) is 6.42 Å². The summed E-state index contributed by atoms with van der Waals surface area (Å²) in [6, 6.07) is 7.21. The highest BCUT2D eigenvalue weighted by atomic mass is 35.5. The zero-order chi connectivity index (χ0) is 16.6. The first-order chi connectivity index (χ1) is 11.1. The third-order valence-corrected chi connectivity index (χ3v) is 4.01. The lowest BCUT2D eigenvalue weighted by Gasteiger charge is -2.08. The molecule has 2 N–H and O–H groups in total. The largest absolute Gasteiger partial charge is 0.493 e. The molecule has 0 bridgehead atoms. The van der Waals surface area contributed by atoms with E-state index < -0.39 is 5.91 Å². The van der Waals surface area contributed by atoms with E-state index in [-0.39, 0.29) is 0 Å². The summed E-state index contributed by atoms with van der Waals surface area (Å²) in [4.78, 5) is 16.1. The molecule has 3 rings (SSSR count). The fourth-order valence-corrected chi connectivity index (χ4v) is 2.93. The molecule has 1 aromatic carbocycles. The van der Waals surface area contributed by atoms with Gasteiger partial charge in [-0.3, -0.25) is 4.79 Å². The van der Waals surface area contributed by atoms with Crippen LogP contribution in [0.15, 0.2) is 34.9 Å². The standard InChI is InChI=1S/C17H15ClN2O3/c1-3-11-14(17(19)21)13-9(10-5-4-8-20-16(10)18)6-7-12(22-2)15(13)23-11/h4-8H,3H2,1-2H3,(H2,19,21). The Morgan fingerprint density at radius 1 is 1.35 bits per heavy atom. The molecule has 0 aliphatic carbocycles. The summed E-state index contributed by atoms with van der Waals surface area (Å²) in [5, 5.41) is 0.942. The Morgan fingerprint density at radius 2 is 2.13 bits per heavy atom. The Hall–Kier alpha value is -2.53. The van der Waals surface area contributed by atoms with E-state index in [0.29, 0.717) is 45.2 Å². The molecule has 118 valence electrons. The molecule has 0 aliphatic heterocycles. The molecule has 0 unspecified atom stereocenters. The molecule has 23 heavy (non-hydrogen) atoms. The molecule has 0 saturated carbocycles. The van der Waals surface area contributed by atoms with E-state index in [4.69, 9.17) is 26.5 Å². The normalized spacial score (nSPS) is 10.9. The number of nitrogens with two attached hydrogens (primary N) is 1. The number of nitrogens with zero attached hydrogens (tertiary/aromatic N) is 1. The van der Waals surface area contributed by atoms with E-state index in [1.807, 2.05) is 19.1 Å². The molecule has 2 heterocycles. The number of carbonyl (C=O) groups excluding carboxylic acids is 1. The van der Waals surface area contributed by atoms with Crippen LogP contribution in [0.4, 0.5) is 0 Å². The number of pyridine rings is 1. The van der Waals surface area contributed by atoms with Gasteiger partial charge in [0, 0.05) is 23.6 Å². The maximum absolute atomic E-state index is 12.0. The fraction of sp³-hybridized carbons (Fsp3) is 0.176. The van der Waals surface area contributed by atoms with Crippen LogP contribution in [0.1, 0.15) is 23.0 Å². The summed E-state index contributed by atoms with van der Waals surface area (Å²) >= 11 is 6.22. The number of methoxy groups -OCH3 is 1. The number of benzene rings is 1. The molecule has 0 radical (unpaired) electrons. The summed E-state index contributed by atoms with van der Waals surface area (Å²) in [5.41, 5.74) is 7.86. The molecule has 0 fully saturated rings.